The number of aromatic nitrogens is 1. The van der Waals surface area contributed by atoms with Gasteiger partial charge in [-0.25, -0.2) is 13.4 Å². The summed E-state index contributed by atoms with van der Waals surface area (Å²) >= 11 is 5.87. The molecule has 1 amide bonds. The van der Waals surface area contributed by atoms with Gasteiger partial charge in [-0.05, 0) is 49.2 Å². The Morgan fingerprint density at radius 2 is 1.78 bits per heavy atom. The summed E-state index contributed by atoms with van der Waals surface area (Å²) in [6.07, 6.45) is 3.76. The third kappa shape index (κ3) is 4.09. The number of sulfone groups is 1. The first-order chi connectivity index (χ1) is 13.0. The van der Waals surface area contributed by atoms with Crippen LogP contribution in [-0.4, -0.2) is 37.1 Å². The minimum Gasteiger partial charge on any atom is -0.368 e. The van der Waals surface area contributed by atoms with Gasteiger partial charge in [0.25, 0.3) is 0 Å². The third-order valence-corrected chi connectivity index (χ3v) is 7.61. The molecule has 0 bridgehead atoms. The Hall–Kier alpha value is -2.12. The quantitative estimate of drug-likeness (QED) is 0.688. The topological polar surface area (TPSA) is 88.2 Å². The highest BCUT2D eigenvalue weighted by Gasteiger charge is 2.52. The Morgan fingerprint density at radius 1 is 1.07 bits per heavy atom. The average Bonchev–Trinajstić information content (AvgIpc) is 3.18. The van der Waals surface area contributed by atoms with Gasteiger partial charge in [-0.2, -0.15) is 0 Å². The summed E-state index contributed by atoms with van der Waals surface area (Å²) in [5.74, 6) is 0.272. The molecule has 1 heterocycles. The molecule has 27 heavy (non-hydrogen) atoms. The van der Waals surface area contributed by atoms with E-state index >= 15 is 0 Å². The van der Waals surface area contributed by atoms with E-state index in [1.165, 1.54) is 24.3 Å². The lowest BCUT2D eigenvalue weighted by Gasteiger charge is -2.27. The number of nitrogens with one attached hydrogen (secondary N) is 2. The standard InChI is InChI=1S/C19H22ClN3O3S/c20-15-6-8-16(9-7-15)27(25,26)19(10-2-3-11-19)18(24)23-14-13-22-17-5-1-4-12-21-17/h1,4-9,12H,2-3,10-11,13-14H2,(H,21,22)(H,23,24). The van der Waals surface area contributed by atoms with Gasteiger partial charge < -0.3 is 10.6 Å². The molecule has 1 aliphatic carbocycles. The van der Waals surface area contributed by atoms with Crippen molar-refractivity contribution >= 4 is 33.2 Å². The highest BCUT2D eigenvalue weighted by Crippen LogP contribution is 2.40. The van der Waals surface area contributed by atoms with E-state index in [1.54, 1.807) is 6.20 Å². The Kier molecular flexibility index (Phi) is 6.01. The normalized spacial score (nSPS) is 16.0. The van der Waals surface area contributed by atoms with E-state index < -0.39 is 20.5 Å². The molecular formula is C19H22ClN3O3S. The lowest BCUT2D eigenvalue weighted by atomic mass is 10.1. The maximum atomic E-state index is 13.2. The molecule has 2 N–H and O–H groups in total. The summed E-state index contributed by atoms with van der Waals surface area (Å²) in [7, 11) is -3.81. The molecule has 1 aliphatic rings. The van der Waals surface area contributed by atoms with Gasteiger partial charge in [0.2, 0.25) is 5.91 Å². The Labute approximate surface area is 164 Å². The number of anilines is 1. The van der Waals surface area contributed by atoms with Crippen molar-refractivity contribution in [1.82, 2.24) is 10.3 Å². The highest BCUT2D eigenvalue weighted by atomic mass is 35.5. The predicted molar refractivity (Wildman–Crippen MR) is 106 cm³/mol. The third-order valence-electron chi connectivity index (χ3n) is 4.84. The number of carbonyl (C=O) groups is 1. The average molecular weight is 408 g/mol. The molecule has 1 aromatic heterocycles. The fourth-order valence-corrected chi connectivity index (χ4v) is 5.61. The Morgan fingerprint density at radius 3 is 2.41 bits per heavy atom. The summed E-state index contributed by atoms with van der Waals surface area (Å²) in [6, 6.07) is 11.5. The number of hydrogen-bond acceptors (Lipinski definition) is 5. The summed E-state index contributed by atoms with van der Waals surface area (Å²) in [5, 5.41) is 6.34. The van der Waals surface area contributed by atoms with Crippen LogP contribution in [0.1, 0.15) is 25.7 Å². The van der Waals surface area contributed by atoms with Gasteiger partial charge in [0.15, 0.2) is 14.6 Å². The zero-order valence-corrected chi connectivity index (χ0v) is 16.4. The second-order valence-electron chi connectivity index (χ2n) is 6.56. The van der Waals surface area contributed by atoms with E-state index in [1.807, 2.05) is 18.2 Å². The largest absolute Gasteiger partial charge is 0.368 e. The second-order valence-corrected chi connectivity index (χ2v) is 9.25. The van der Waals surface area contributed by atoms with E-state index in [2.05, 4.69) is 15.6 Å². The Balaban J connectivity index is 1.70. The number of pyridine rings is 1. The van der Waals surface area contributed by atoms with Crippen molar-refractivity contribution in [2.45, 2.75) is 35.3 Å². The van der Waals surface area contributed by atoms with Gasteiger partial charge in [0.05, 0.1) is 4.90 Å². The van der Waals surface area contributed by atoms with Crippen molar-refractivity contribution in [3.63, 3.8) is 0 Å². The summed E-state index contributed by atoms with van der Waals surface area (Å²) in [5.41, 5.74) is 0. The molecular weight excluding hydrogens is 386 g/mol. The fraction of sp³-hybridized carbons (Fsp3) is 0.368. The van der Waals surface area contributed by atoms with Crippen molar-refractivity contribution in [3.8, 4) is 0 Å². The minimum absolute atomic E-state index is 0.135. The number of carbonyl (C=O) groups excluding carboxylic acids is 1. The van der Waals surface area contributed by atoms with Crippen LogP contribution < -0.4 is 10.6 Å². The van der Waals surface area contributed by atoms with Crippen LogP contribution in [0.4, 0.5) is 5.82 Å². The molecule has 0 spiro atoms. The summed E-state index contributed by atoms with van der Waals surface area (Å²) in [4.78, 5) is 17.2. The van der Waals surface area contributed by atoms with Crippen LogP contribution in [0.3, 0.4) is 0 Å². The molecule has 0 saturated heterocycles. The van der Waals surface area contributed by atoms with Crippen LogP contribution in [0.5, 0.6) is 0 Å². The van der Waals surface area contributed by atoms with Crippen molar-refractivity contribution < 1.29 is 13.2 Å². The number of benzene rings is 1. The van der Waals surface area contributed by atoms with E-state index in [4.69, 9.17) is 11.6 Å². The number of nitrogens with zero attached hydrogens (tertiary/aromatic N) is 1. The first-order valence-corrected chi connectivity index (χ1v) is 10.8. The molecule has 2 aromatic rings. The van der Waals surface area contributed by atoms with Crippen molar-refractivity contribution in [2.75, 3.05) is 18.4 Å². The molecule has 6 nitrogen and oxygen atoms in total. The van der Waals surface area contributed by atoms with Crippen LogP contribution in [0, 0.1) is 0 Å². The lowest BCUT2D eigenvalue weighted by Crippen LogP contribution is -2.51. The number of amides is 1. The molecule has 1 aromatic carbocycles. The zero-order chi connectivity index (χ0) is 19.3. The molecule has 144 valence electrons. The number of rotatable bonds is 7. The predicted octanol–water partition coefficient (Wildman–Crippen LogP) is 3.05. The van der Waals surface area contributed by atoms with Crippen LogP contribution in [-0.2, 0) is 14.6 Å². The van der Waals surface area contributed by atoms with Crippen LogP contribution in [0.25, 0.3) is 0 Å². The van der Waals surface area contributed by atoms with Gasteiger partial charge >= 0.3 is 0 Å². The maximum Gasteiger partial charge on any atom is 0.241 e. The van der Waals surface area contributed by atoms with E-state index in [0.717, 1.165) is 0 Å². The maximum absolute atomic E-state index is 13.2. The highest BCUT2D eigenvalue weighted by molar-refractivity contribution is 7.93. The minimum atomic E-state index is -3.81. The van der Waals surface area contributed by atoms with Gasteiger partial charge in [-0.3, -0.25) is 4.79 Å². The van der Waals surface area contributed by atoms with Crippen molar-refractivity contribution in [1.29, 1.82) is 0 Å². The van der Waals surface area contributed by atoms with E-state index in [0.29, 0.717) is 49.6 Å². The number of halogens is 1. The van der Waals surface area contributed by atoms with E-state index in [-0.39, 0.29) is 4.90 Å². The van der Waals surface area contributed by atoms with Crippen molar-refractivity contribution in [2.24, 2.45) is 0 Å². The van der Waals surface area contributed by atoms with Gasteiger partial charge in [0, 0.05) is 24.3 Å². The molecule has 0 aliphatic heterocycles. The van der Waals surface area contributed by atoms with Crippen molar-refractivity contribution in [3.05, 3.63) is 53.7 Å². The fourth-order valence-electron chi connectivity index (χ4n) is 3.40. The summed E-state index contributed by atoms with van der Waals surface area (Å²) < 4.78 is 25.1. The van der Waals surface area contributed by atoms with Gasteiger partial charge in [-0.15, -0.1) is 0 Å². The molecule has 0 unspecified atom stereocenters. The molecule has 1 fully saturated rings. The van der Waals surface area contributed by atoms with E-state index in [9.17, 15) is 13.2 Å². The second kappa shape index (κ2) is 8.27. The molecule has 1 saturated carbocycles. The first-order valence-electron chi connectivity index (χ1n) is 8.89. The SMILES string of the molecule is O=C(NCCNc1ccccn1)C1(S(=O)(=O)c2ccc(Cl)cc2)CCCC1. The summed E-state index contributed by atoms with van der Waals surface area (Å²) in [6.45, 7) is 0.771. The van der Waals surface area contributed by atoms with Crippen LogP contribution in [0.15, 0.2) is 53.6 Å². The Bertz CT molecular complexity index is 880. The van der Waals surface area contributed by atoms with Gasteiger partial charge in [0.1, 0.15) is 5.82 Å². The monoisotopic (exact) mass is 407 g/mol. The molecule has 3 rings (SSSR count). The molecule has 0 atom stereocenters. The molecule has 8 heteroatoms. The van der Waals surface area contributed by atoms with Crippen LogP contribution in [0.2, 0.25) is 5.02 Å². The van der Waals surface area contributed by atoms with Crippen LogP contribution >= 0.6 is 11.6 Å². The van der Waals surface area contributed by atoms with Gasteiger partial charge in [-0.1, -0.05) is 30.5 Å². The molecule has 0 radical (unpaired) electrons. The first kappa shape index (κ1) is 19.6. The smallest absolute Gasteiger partial charge is 0.241 e. The number of hydrogen-bond donors (Lipinski definition) is 2. The lowest BCUT2D eigenvalue weighted by molar-refractivity contribution is -0.123. The zero-order valence-electron chi connectivity index (χ0n) is 14.8.